The average Bonchev–Trinajstić information content (AvgIpc) is 2.46. The molecule has 1 amide bonds. The number of ether oxygens (including phenoxy) is 1. The molecule has 20 heavy (non-hydrogen) atoms. The molecule has 0 aliphatic heterocycles. The molecule has 0 heterocycles. The summed E-state index contributed by atoms with van der Waals surface area (Å²) in [6.07, 6.45) is 0. The van der Waals surface area contributed by atoms with Crippen LogP contribution in [0, 0.1) is 10.1 Å². The molecular weight excluding hydrogens is 266 g/mol. The average molecular weight is 281 g/mol. The van der Waals surface area contributed by atoms with Gasteiger partial charge in [0.15, 0.2) is 0 Å². The van der Waals surface area contributed by atoms with E-state index in [4.69, 9.17) is 0 Å². The lowest BCUT2D eigenvalue weighted by atomic mass is 10.2. The molecule has 108 valence electrons. The molecule has 0 spiro atoms. The van der Waals surface area contributed by atoms with Crippen molar-refractivity contribution in [3.63, 3.8) is 0 Å². The monoisotopic (exact) mass is 281 g/mol. The lowest BCUT2D eigenvalue weighted by Crippen LogP contribution is -2.42. The van der Waals surface area contributed by atoms with Gasteiger partial charge in [-0.15, -0.1) is 0 Å². The third-order valence-corrected chi connectivity index (χ3v) is 2.55. The number of carbonyl (C=O) groups is 2. The van der Waals surface area contributed by atoms with Crippen LogP contribution in [-0.2, 0) is 9.53 Å². The number of amides is 1. The van der Waals surface area contributed by atoms with Gasteiger partial charge in [-0.2, -0.15) is 0 Å². The molecule has 0 saturated carbocycles. The topological polar surface area (TPSA) is 111 Å². The van der Waals surface area contributed by atoms with Crippen LogP contribution in [0.5, 0.6) is 0 Å². The Morgan fingerprint density at radius 1 is 1.35 bits per heavy atom. The fourth-order valence-electron chi connectivity index (χ4n) is 1.38. The Labute approximate surface area is 115 Å². The third-order valence-electron chi connectivity index (χ3n) is 2.55. The molecule has 0 fully saturated rings. The van der Waals surface area contributed by atoms with E-state index in [0.717, 1.165) is 0 Å². The van der Waals surface area contributed by atoms with E-state index in [1.54, 1.807) is 6.92 Å². The summed E-state index contributed by atoms with van der Waals surface area (Å²) in [7, 11) is 1.27. The van der Waals surface area contributed by atoms with E-state index in [2.05, 4.69) is 15.4 Å². The second-order valence-corrected chi connectivity index (χ2v) is 3.94. The highest BCUT2D eigenvalue weighted by molar-refractivity contribution is 5.94. The zero-order valence-electron chi connectivity index (χ0n) is 11.1. The zero-order valence-corrected chi connectivity index (χ0v) is 11.1. The summed E-state index contributed by atoms with van der Waals surface area (Å²) in [6, 6.07) is 4.67. The number of nitrogens with zero attached hydrogens (tertiary/aromatic N) is 1. The molecule has 0 aromatic heterocycles. The van der Waals surface area contributed by atoms with Crippen molar-refractivity contribution in [3.05, 3.63) is 39.9 Å². The molecule has 1 unspecified atom stereocenters. The first-order valence-electron chi connectivity index (χ1n) is 5.79. The number of methoxy groups -OCH3 is 1. The number of hydrogen-bond acceptors (Lipinski definition) is 6. The predicted molar refractivity (Wildman–Crippen MR) is 70.0 cm³/mol. The van der Waals surface area contributed by atoms with Crippen molar-refractivity contribution in [2.45, 2.75) is 13.0 Å². The van der Waals surface area contributed by atoms with Crippen molar-refractivity contribution in [3.8, 4) is 0 Å². The van der Waals surface area contributed by atoms with E-state index in [0.29, 0.717) is 5.56 Å². The van der Waals surface area contributed by atoms with Crippen LogP contribution in [0.25, 0.3) is 0 Å². The van der Waals surface area contributed by atoms with Crippen LogP contribution in [0.3, 0.4) is 0 Å². The minimum Gasteiger partial charge on any atom is -0.468 e. The summed E-state index contributed by atoms with van der Waals surface area (Å²) in [5.41, 5.74) is 0.210. The van der Waals surface area contributed by atoms with Gasteiger partial charge in [0.25, 0.3) is 11.6 Å². The SMILES string of the molecule is COC(=O)C(C)NCNC(=O)c1ccc([N+](=O)[O-])cc1. The molecule has 8 heteroatoms. The lowest BCUT2D eigenvalue weighted by molar-refractivity contribution is -0.384. The first-order chi connectivity index (χ1) is 9.45. The number of non-ortho nitro benzene ring substituents is 1. The van der Waals surface area contributed by atoms with Crippen molar-refractivity contribution >= 4 is 17.6 Å². The molecule has 1 rings (SSSR count). The molecule has 1 aromatic carbocycles. The summed E-state index contributed by atoms with van der Waals surface area (Å²) in [5, 5.41) is 15.8. The van der Waals surface area contributed by atoms with Crippen molar-refractivity contribution in [2.75, 3.05) is 13.8 Å². The molecule has 0 bridgehead atoms. The minimum absolute atomic E-state index is 0.0755. The van der Waals surface area contributed by atoms with Crippen LogP contribution in [0.15, 0.2) is 24.3 Å². The first-order valence-corrected chi connectivity index (χ1v) is 5.79. The number of nitro groups is 1. The van der Waals surface area contributed by atoms with Gasteiger partial charge < -0.3 is 10.1 Å². The Bertz CT molecular complexity index is 500. The van der Waals surface area contributed by atoms with Crippen LogP contribution in [0.4, 0.5) is 5.69 Å². The molecule has 0 saturated heterocycles. The smallest absolute Gasteiger partial charge is 0.322 e. The molecule has 8 nitrogen and oxygen atoms in total. The van der Waals surface area contributed by atoms with Gasteiger partial charge in [0.2, 0.25) is 0 Å². The van der Waals surface area contributed by atoms with Crippen LogP contribution in [0.2, 0.25) is 0 Å². The number of carbonyl (C=O) groups excluding carboxylic acids is 2. The number of rotatable bonds is 6. The second-order valence-electron chi connectivity index (χ2n) is 3.94. The molecule has 0 aliphatic carbocycles. The highest BCUT2D eigenvalue weighted by atomic mass is 16.6. The van der Waals surface area contributed by atoms with Crippen molar-refractivity contribution in [2.24, 2.45) is 0 Å². The van der Waals surface area contributed by atoms with Crippen molar-refractivity contribution in [1.82, 2.24) is 10.6 Å². The Hall–Kier alpha value is -2.48. The highest BCUT2D eigenvalue weighted by Crippen LogP contribution is 2.11. The second kappa shape index (κ2) is 7.19. The predicted octanol–water partition coefficient (Wildman–Crippen LogP) is 0.433. The van der Waals surface area contributed by atoms with E-state index in [-0.39, 0.29) is 12.4 Å². The summed E-state index contributed by atoms with van der Waals surface area (Å²) in [6.45, 7) is 1.68. The number of nitrogens with one attached hydrogen (secondary N) is 2. The van der Waals surface area contributed by atoms with Gasteiger partial charge in [0.1, 0.15) is 6.04 Å². The van der Waals surface area contributed by atoms with Crippen molar-refractivity contribution < 1.29 is 19.2 Å². The summed E-state index contributed by atoms with van der Waals surface area (Å²) < 4.78 is 4.51. The van der Waals surface area contributed by atoms with Crippen LogP contribution in [-0.4, -0.2) is 36.6 Å². The number of benzene rings is 1. The third kappa shape index (κ3) is 4.32. The van der Waals surface area contributed by atoms with Crippen LogP contribution in [0.1, 0.15) is 17.3 Å². The number of esters is 1. The van der Waals surface area contributed by atoms with E-state index in [1.807, 2.05) is 0 Å². The van der Waals surface area contributed by atoms with E-state index < -0.39 is 22.8 Å². The molecule has 2 N–H and O–H groups in total. The summed E-state index contributed by atoms with van der Waals surface area (Å²) >= 11 is 0. The summed E-state index contributed by atoms with van der Waals surface area (Å²) in [5.74, 6) is -0.834. The number of hydrogen-bond donors (Lipinski definition) is 2. The standard InChI is InChI=1S/C12H15N3O5/c1-8(12(17)20-2)13-7-14-11(16)9-3-5-10(6-4-9)15(18)19/h3-6,8,13H,7H2,1-2H3,(H,14,16). The van der Waals surface area contributed by atoms with Gasteiger partial charge in [-0.1, -0.05) is 0 Å². The Morgan fingerprint density at radius 2 is 1.95 bits per heavy atom. The van der Waals surface area contributed by atoms with Gasteiger partial charge in [-0.05, 0) is 19.1 Å². The Kier molecular flexibility index (Phi) is 5.60. The molecule has 0 radical (unpaired) electrons. The van der Waals surface area contributed by atoms with Crippen LogP contribution < -0.4 is 10.6 Å². The fourth-order valence-corrected chi connectivity index (χ4v) is 1.38. The molecule has 1 aromatic rings. The minimum atomic E-state index is -0.544. The Balaban J connectivity index is 2.47. The van der Waals surface area contributed by atoms with Gasteiger partial charge >= 0.3 is 5.97 Å². The molecule has 1 atom stereocenters. The largest absolute Gasteiger partial charge is 0.468 e. The quantitative estimate of drug-likeness (QED) is 0.338. The van der Waals surface area contributed by atoms with Crippen molar-refractivity contribution in [1.29, 1.82) is 0 Å². The van der Waals surface area contributed by atoms with Crippen LogP contribution >= 0.6 is 0 Å². The molecule has 0 aliphatic rings. The fraction of sp³-hybridized carbons (Fsp3) is 0.333. The van der Waals surface area contributed by atoms with Gasteiger partial charge in [-0.25, -0.2) is 0 Å². The highest BCUT2D eigenvalue weighted by Gasteiger charge is 2.13. The van der Waals surface area contributed by atoms with Gasteiger partial charge in [-0.3, -0.25) is 25.0 Å². The van der Waals surface area contributed by atoms with Gasteiger partial charge in [0, 0.05) is 17.7 Å². The normalized spacial score (nSPS) is 11.5. The summed E-state index contributed by atoms with van der Waals surface area (Å²) in [4.78, 5) is 32.7. The maximum atomic E-state index is 11.7. The van der Waals surface area contributed by atoms with E-state index >= 15 is 0 Å². The number of nitro benzene ring substituents is 1. The van der Waals surface area contributed by atoms with E-state index in [9.17, 15) is 19.7 Å². The maximum absolute atomic E-state index is 11.7. The maximum Gasteiger partial charge on any atom is 0.322 e. The Morgan fingerprint density at radius 3 is 2.45 bits per heavy atom. The van der Waals surface area contributed by atoms with E-state index in [1.165, 1.54) is 31.4 Å². The lowest BCUT2D eigenvalue weighted by Gasteiger charge is -2.12. The van der Waals surface area contributed by atoms with Gasteiger partial charge in [0.05, 0.1) is 18.7 Å². The first kappa shape index (κ1) is 15.6. The zero-order chi connectivity index (χ0) is 15.1. The molecular formula is C12H15N3O5.